The molecule has 10 heavy (non-hydrogen) atoms. The van der Waals surface area contributed by atoms with Crippen LogP contribution in [0.2, 0.25) is 0 Å². The van der Waals surface area contributed by atoms with Gasteiger partial charge in [0.15, 0.2) is 6.29 Å². The molecule has 4 nitrogen and oxygen atoms in total. The van der Waals surface area contributed by atoms with Crippen molar-refractivity contribution in [3.05, 3.63) is 12.7 Å². The molecule has 0 radical (unpaired) electrons. The van der Waals surface area contributed by atoms with Crippen molar-refractivity contribution in [1.29, 1.82) is 0 Å². The van der Waals surface area contributed by atoms with E-state index < -0.39 is 24.6 Å². The van der Waals surface area contributed by atoms with Crippen LogP contribution < -0.4 is 0 Å². The van der Waals surface area contributed by atoms with E-state index in [-0.39, 0.29) is 0 Å². The molecule has 4 atom stereocenters. The van der Waals surface area contributed by atoms with Crippen LogP contribution in [0.4, 0.5) is 0 Å². The summed E-state index contributed by atoms with van der Waals surface area (Å²) in [5.41, 5.74) is 0. The number of ether oxygens (including phenoxy) is 1. The van der Waals surface area contributed by atoms with Crippen molar-refractivity contribution in [3.8, 4) is 0 Å². The highest BCUT2D eigenvalue weighted by Gasteiger charge is 2.39. The van der Waals surface area contributed by atoms with Gasteiger partial charge in [-0.25, -0.2) is 0 Å². The molecule has 1 fully saturated rings. The molecule has 0 bridgehead atoms. The molecule has 0 aromatic carbocycles. The van der Waals surface area contributed by atoms with E-state index in [4.69, 9.17) is 15.3 Å². The fourth-order valence-electron chi connectivity index (χ4n) is 0.880. The Labute approximate surface area is 58.4 Å². The van der Waals surface area contributed by atoms with Crippen molar-refractivity contribution in [2.24, 2.45) is 0 Å². The third kappa shape index (κ3) is 1.06. The van der Waals surface area contributed by atoms with Crippen LogP contribution in [0.15, 0.2) is 12.7 Å². The smallest absolute Gasteiger partial charge is 0.184 e. The van der Waals surface area contributed by atoms with E-state index in [9.17, 15) is 0 Å². The van der Waals surface area contributed by atoms with Crippen LogP contribution >= 0.6 is 0 Å². The summed E-state index contributed by atoms with van der Waals surface area (Å²) >= 11 is 0. The topological polar surface area (TPSA) is 69.9 Å². The third-order valence-corrected chi connectivity index (χ3v) is 1.51. The van der Waals surface area contributed by atoms with E-state index in [1.54, 1.807) is 0 Å². The average Bonchev–Trinajstić information content (AvgIpc) is 2.17. The summed E-state index contributed by atoms with van der Waals surface area (Å²) in [6.07, 6.45) is -2.90. The summed E-state index contributed by atoms with van der Waals surface area (Å²) in [5.74, 6) is 0. The minimum Gasteiger partial charge on any atom is -0.387 e. The lowest BCUT2D eigenvalue weighted by atomic mass is 10.1. The summed E-state index contributed by atoms with van der Waals surface area (Å²) in [4.78, 5) is 0. The van der Waals surface area contributed by atoms with E-state index in [0.29, 0.717) is 0 Å². The third-order valence-electron chi connectivity index (χ3n) is 1.51. The van der Waals surface area contributed by atoms with Crippen LogP contribution in [-0.2, 0) is 4.74 Å². The zero-order chi connectivity index (χ0) is 7.72. The van der Waals surface area contributed by atoms with Crippen molar-refractivity contribution in [2.45, 2.75) is 24.6 Å². The molecule has 0 aliphatic carbocycles. The van der Waals surface area contributed by atoms with Gasteiger partial charge in [-0.3, -0.25) is 0 Å². The largest absolute Gasteiger partial charge is 0.387 e. The van der Waals surface area contributed by atoms with Crippen molar-refractivity contribution in [3.63, 3.8) is 0 Å². The van der Waals surface area contributed by atoms with Crippen molar-refractivity contribution >= 4 is 0 Å². The highest BCUT2D eigenvalue weighted by Crippen LogP contribution is 2.19. The standard InChI is InChI=1S/C6H10O4/c1-2-3-4(7)5(8)6(9)10-3/h2-9H,1H2/t3-,4-,5-,6-/m1/s1. The highest BCUT2D eigenvalue weighted by atomic mass is 16.6. The predicted octanol–water partition coefficient (Wildman–Crippen LogP) is -1.39. The molecule has 1 aliphatic heterocycles. The Morgan fingerprint density at radius 3 is 2.00 bits per heavy atom. The fourth-order valence-corrected chi connectivity index (χ4v) is 0.880. The van der Waals surface area contributed by atoms with E-state index >= 15 is 0 Å². The van der Waals surface area contributed by atoms with Gasteiger partial charge >= 0.3 is 0 Å². The second kappa shape index (κ2) is 2.67. The molecule has 58 valence electrons. The molecule has 3 N–H and O–H groups in total. The minimum absolute atomic E-state index is 0.662. The second-order valence-electron chi connectivity index (χ2n) is 2.21. The predicted molar refractivity (Wildman–Crippen MR) is 33.1 cm³/mol. The van der Waals surface area contributed by atoms with Crippen molar-refractivity contribution < 1.29 is 20.1 Å². The van der Waals surface area contributed by atoms with Gasteiger partial charge in [0.05, 0.1) is 0 Å². The van der Waals surface area contributed by atoms with Crippen molar-refractivity contribution in [1.82, 2.24) is 0 Å². The molecule has 0 saturated carbocycles. The van der Waals surface area contributed by atoms with Crippen LogP contribution in [0.5, 0.6) is 0 Å². The van der Waals surface area contributed by atoms with Gasteiger partial charge < -0.3 is 20.1 Å². The molecule has 1 rings (SSSR count). The molecule has 0 aromatic heterocycles. The van der Waals surface area contributed by atoms with Gasteiger partial charge in [0, 0.05) is 0 Å². The molecule has 0 unspecified atom stereocenters. The van der Waals surface area contributed by atoms with Gasteiger partial charge in [-0.2, -0.15) is 0 Å². The Kier molecular flexibility index (Phi) is 2.05. The molecule has 1 saturated heterocycles. The Hall–Kier alpha value is -0.420. The van der Waals surface area contributed by atoms with Crippen LogP contribution in [0.1, 0.15) is 0 Å². The summed E-state index contributed by atoms with van der Waals surface area (Å²) in [5, 5.41) is 26.7. The average molecular weight is 146 g/mol. The molecule has 1 aliphatic rings. The summed E-state index contributed by atoms with van der Waals surface area (Å²) in [6.45, 7) is 3.35. The SMILES string of the molecule is C=C[C@H]1O[C@@H](O)[C@H](O)[C@@H]1O. The zero-order valence-corrected chi connectivity index (χ0v) is 5.34. The number of aliphatic hydroxyl groups is 3. The molecule has 0 spiro atoms. The first-order valence-corrected chi connectivity index (χ1v) is 2.99. The molecule has 1 heterocycles. The maximum absolute atomic E-state index is 9.02. The first-order valence-electron chi connectivity index (χ1n) is 2.99. The van der Waals surface area contributed by atoms with Crippen LogP contribution in [0.3, 0.4) is 0 Å². The molecule has 0 aromatic rings. The molecule has 0 amide bonds. The van der Waals surface area contributed by atoms with E-state index in [1.807, 2.05) is 0 Å². The lowest BCUT2D eigenvalue weighted by molar-refractivity contribution is -0.120. The zero-order valence-electron chi connectivity index (χ0n) is 5.34. The van der Waals surface area contributed by atoms with E-state index in [1.165, 1.54) is 6.08 Å². The number of hydrogen-bond acceptors (Lipinski definition) is 4. The monoisotopic (exact) mass is 146 g/mol. The summed E-state index contributed by atoms with van der Waals surface area (Å²) in [7, 11) is 0. The van der Waals surface area contributed by atoms with Crippen molar-refractivity contribution in [2.75, 3.05) is 0 Å². The van der Waals surface area contributed by atoms with E-state index in [0.717, 1.165) is 0 Å². The fraction of sp³-hybridized carbons (Fsp3) is 0.667. The van der Waals surface area contributed by atoms with Gasteiger partial charge in [0.25, 0.3) is 0 Å². The van der Waals surface area contributed by atoms with Crippen LogP contribution in [0.25, 0.3) is 0 Å². The van der Waals surface area contributed by atoms with E-state index in [2.05, 4.69) is 11.3 Å². The van der Waals surface area contributed by atoms with Crippen LogP contribution in [-0.4, -0.2) is 39.9 Å². The Bertz CT molecular complexity index is 136. The maximum atomic E-state index is 9.02. The second-order valence-corrected chi connectivity index (χ2v) is 2.21. The summed E-state index contributed by atoms with van der Waals surface area (Å²) < 4.78 is 4.67. The van der Waals surface area contributed by atoms with Crippen LogP contribution in [0, 0.1) is 0 Å². The maximum Gasteiger partial charge on any atom is 0.184 e. The lowest BCUT2D eigenvalue weighted by Crippen LogP contribution is -2.31. The van der Waals surface area contributed by atoms with Gasteiger partial charge in [0.1, 0.15) is 18.3 Å². The number of rotatable bonds is 1. The van der Waals surface area contributed by atoms with Gasteiger partial charge in [-0.15, -0.1) is 6.58 Å². The summed E-state index contributed by atoms with van der Waals surface area (Å²) in [6, 6.07) is 0. The Morgan fingerprint density at radius 2 is 1.80 bits per heavy atom. The molecule has 4 heteroatoms. The quantitative estimate of drug-likeness (QED) is 0.398. The molecular weight excluding hydrogens is 136 g/mol. The molecular formula is C6H10O4. The van der Waals surface area contributed by atoms with Gasteiger partial charge in [-0.05, 0) is 0 Å². The Balaban J connectivity index is 2.61. The normalized spacial score (nSPS) is 47.5. The van der Waals surface area contributed by atoms with Gasteiger partial charge in [0.2, 0.25) is 0 Å². The number of hydrogen-bond donors (Lipinski definition) is 3. The highest BCUT2D eigenvalue weighted by molar-refractivity contribution is 4.95. The first kappa shape index (κ1) is 7.68. The first-order chi connectivity index (χ1) is 4.66. The number of aliphatic hydroxyl groups excluding tert-OH is 3. The lowest BCUT2D eigenvalue weighted by Gasteiger charge is -2.08. The minimum atomic E-state index is -1.29. The van der Waals surface area contributed by atoms with Gasteiger partial charge in [-0.1, -0.05) is 6.08 Å². The Morgan fingerprint density at radius 1 is 1.20 bits per heavy atom.